The van der Waals surface area contributed by atoms with Gasteiger partial charge in [-0.05, 0) is 32.4 Å². The van der Waals surface area contributed by atoms with E-state index < -0.39 is 0 Å². The van der Waals surface area contributed by atoms with Gasteiger partial charge in [0.05, 0.1) is 16.4 Å². The van der Waals surface area contributed by atoms with Crippen LogP contribution in [0.25, 0.3) is 0 Å². The summed E-state index contributed by atoms with van der Waals surface area (Å²) in [5.41, 5.74) is 1.91. The molecule has 0 amide bonds. The molecule has 3 N–H and O–H groups in total. The van der Waals surface area contributed by atoms with Crippen LogP contribution in [-0.4, -0.2) is 24.3 Å². The van der Waals surface area contributed by atoms with Crippen molar-refractivity contribution < 1.29 is 5.11 Å². The lowest BCUT2D eigenvalue weighted by atomic mass is 10.2. The van der Waals surface area contributed by atoms with Gasteiger partial charge >= 0.3 is 0 Å². The number of aliphatic hydroxyl groups excluding tert-OH is 1. The Morgan fingerprint density at radius 3 is 2.75 bits per heavy atom. The van der Waals surface area contributed by atoms with Crippen molar-refractivity contribution in [2.75, 3.05) is 23.8 Å². The number of anilines is 2. The van der Waals surface area contributed by atoms with Crippen molar-refractivity contribution in [3.63, 3.8) is 0 Å². The zero-order valence-electron chi connectivity index (χ0n) is 9.76. The lowest BCUT2D eigenvalue weighted by molar-refractivity contribution is 0.292. The maximum absolute atomic E-state index is 8.73. The summed E-state index contributed by atoms with van der Waals surface area (Å²) < 4.78 is 0. The van der Waals surface area contributed by atoms with Gasteiger partial charge in [0.25, 0.3) is 0 Å². The van der Waals surface area contributed by atoms with Crippen molar-refractivity contribution in [3.8, 4) is 0 Å². The molecule has 0 aromatic heterocycles. The van der Waals surface area contributed by atoms with Crippen molar-refractivity contribution in [2.45, 2.75) is 26.3 Å². The Bertz CT molecular complexity index is 329. The van der Waals surface area contributed by atoms with E-state index in [9.17, 15) is 0 Å². The Kier molecular flexibility index (Phi) is 5.43. The van der Waals surface area contributed by atoms with Gasteiger partial charge in [0.2, 0.25) is 0 Å². The van der Waals surface area contributed by atoms with Gasteiger partial charge in [0, 0.05) is 19.2 Å². The summed E-state index contributed by atoms with van der Waals surface area (Å²) in [6.07, 6.45) is 0.730. The van der Waals surface area contributed by atoms with Gasteiger partial charge in [0.1, 0.15) is 0 Å². The van der Waals surface area contributed by atoms with Crippen LogP contribution in [-0.2, 0) is 0 Å². The van der Waals surface area contributed by atoms with Gasteiger partial charge in [-0.15, -0.1) is 0 Å². The van der Waals surface area contributed by atoms with Gasteiger partial charge in [-0.25, -0.2) is 0 Å². The maximum atomic E-state index is 8.73. The molecule has 0 heterocycles. The van der Waals surface area contributed by atoms with Crippen LogP contribution in [0.1, 0.15) is 20.3 Å². The average Bonchev–Trinajstić information content (AvgIpc) is 2.23. The molecule has 0 aliphatic carbocycles. The van der Waals surface area contributed by atoms with E-state index in [1.165, 1.54) is 0 Å². The molecular weight excluding hydrogens is 224 g/mol. The first kappa shape index (κ1) is 13.1. The summed E-state index contributed by atoms with van der Waals surface area (Å²) in [6.45, 7) is 5.08. The van der Waals surface area contributed by atoms with Crippen LogP contribution in [0.15, 0.2) is 18.2 Å². The van der Waals surface area contributed by atoms with E-state index in [0.29, 0.717) is 11.1 Å². The smallest absolute Gasteiger partial charge is 0.0767 e. The fraction of sp³-hybridized carbons (Fsp3) is 0.500. The van der Waals surface area contributed by atoms with Gasteiger partial charge in [-0.1, -0.05) is 17.7 Å². The molecule has 4 heteroatoms. The summed E-state index contributed by atoms with van der Waals surface area (Å²) in [5, 5.41) is 16.0. The monoisotopic (exact) mass is 242 g/mol. The number of hydrogen-bond donors (Lipinski definition) is 3. The molecule has 0 aliphatic heterocycles. The zero-order valence-corrected chi connectivity index (χ0v) is 10.5. The standard InChI is InChI=1S/C12H19ClN2O/c1-9(2)15-12-10(13)5-3-6-11(12)14-7-4-8-16/h3,5-6,9,14-16H,4,7-8H2,1-2H3. The van der Waals surface area contributed by atoms with E-state index in [2.05, 4.69) is 24.5 Å². The van der Waals surface area contributed by atoms with Crippen LogP contribution in [0.5, 0.6) is 0 Å². The molecule has 0 unspecified atom stereocenters. The lowest BCUT2D eigenvalue weighted by Crippen LogP contribution is -2.13. The lowest BCUT2D eigenvalue weighted by Gasteiger charge is -2.17. The maximum Gasteiger partial charge on any atom is 0.0767 e. The highest BCUT2D eigenvalue weighted by atomic mass is 35.5. The van der Waals surface area contributed by atoms with E-state index in [4.69, 9.17) is 16.7 Å². The highest BCUT2D eigenvalue weighted by Gasteiger charge is 2.07. The number of rotatable bonds is 6. The van der Waals surface area contributed by atoms with E-state index in [-0.39, 0.29) is 6.61 Å². The number of aliphatic hydroxyl groups is 1. The number of nitrogens with one attached hydrogen (secondary N) is 2. The fourth-order valence-corrected chi connectivity index (χ4v) is 1.64. The SMILES string of the molecule is CC(C)Nc1c(Cl)cccc1NCCCO. The van der Waals surface area contributed by atoms with E-state index in [1.807, 2.05) is 18.2 Å². The molecule has 0 saturated carbocycles. The number of halogens is 1. The number of para-hydroxylation sites is 1. The van der Waals surface area contributed by atoms with Crippen molar-refractivity contribution in [1.82, 2.24) is 0 Å². The van der Waals surface area contributed by atoms with E-state index >= 15 is 0 Å². The second kappa shape index (κ2) is 6.61. The van der Waals surface area contributed by atoms with Gasteiger partial charge < -0.3 is 15.7 Å². The van der Waals surface area contributed by atoms with Crippen LogP contribution in [0.2, 0.25) is 5.02 Å². The summed E-state index contributed by atoms with van der Waals surface area (Å²) >= 11 is 6.13. The second-order valence-corrected chi connectivity index (χ2v) is 4.37. The molecular formula is C12H19ClN2O. The molecule has 1 aromatic rings. The van der Waals surface area contributed by atoms with Gasteiger partial charge in [0.15, 0.2) is 0 Å². The quantitative estimate of drug-likeness (QED) is 0.672. The van der Waals surface area contributed by atoms with Crippen molar-refractivity contribution >= 4 is 23.0 Å². The second-order valence-electron chi connectivity index (χ2n) is 3.97. The summed E-state index contributed by atoms with van der Waals surface area (Å²) in [6, 6.07) is 6.09. The number of benzene rings is 1. The first-order chi connectivity index (χ1) is 7.65. The van der Waals surface area contributed by atoms with Crippen LogP contribution in [0.4, 0.5) is 11.4 Å². The molecule has 90 valence electrons. The molecule has 0 bridgehead atoms. The Balaban J connectivity index is 2.76. The normalized spacial score (nSPS) is 10.6. The molecule has 16 heavy (non-hydrogen) atoms. The zero-order chi connectivity index (χ0) is 12.0. The fourth-order valence-electron chi connectivity index (χ4n) is 1.41. The van der Waals surface area contributed by atoms with Crippen LogP contribution in [0, 0.1) is 0 Å². The molecule has 1 rings (SSSR count). The molecule has 0 saturated heterocycles. The van der Waals surface area contributed by atoms with E-state index in [0.717, 1.165) is 24.3 Å². The molecule has 3 nitrogen and oxygen atoms in total. The third-order valence-electron chi connectivity index (χ3n) is 2.10. The van der Waals surface area contributed by atoms with E-state index in [1.54, 1.807) is 0 Å². The topological polar surface area (TPSA) is 44.3 Å². The highest BCUT2D eigenvalue weighted by molar-refractivity contribution is 6.33. The molecule has 0 spiro atoms. The summed E-state index contributed by atoms with van der Waals surface area (Å²) in [4.78, 5) is 0. The van der Waals surface area contributed by atoms with Crippen LogP contribution < -0.4 is 10.6 Å². The Hall–Kier alpha value is -0.930. The molecule has 1 aromatic carbocycles. The minimum Gasteiger partial charge on any atom is -0.396 e. The first-order valence-corrected chi connectivity index (χ1v) is 5.92. The molecule has 0 fully saturated rings. The molecule has 0 atom stereocenters. The minimum absolute atomic E-state index is 0.195. The van der Waals surface area contributed by atoms with Gasteiger partial charge in [-0.2, -0.15) is 0 Å². The van der Waals surface area contributed by atoms with Crippen molar-refractivity contribution in [1.29, 1.82) is 0 Å². The van der Waals surface area contributed by atoms with Crippen molar-refractivity contribution in [2.24, 2.45) is 0 Å². The predicted molar refractivity (Wildman–Crippen MR) is 70.4 cm³/mol. The molecule has 0 radical (unpaired) electrons. The molecule has 0 aliphatic rings. The van der Waals surface area contributed by atoms with Crippen LogP contribution in [0.3, 0.4) is 0 Å². The minimum atomic E-state index is 0.195. The summed E-state index contributed by atoms with van der Waals surface area (Å²) in [7, 11) is 0. The predicted octanol–water partition coefficient (Wildman–Crippen LogP) is 2.95. The Labute approximate surface area is 102 Å². The largest absolute Gasteiger partial charge is 0.396 e. The van der Waals surface area contributed by atoms with Gasteiger partial charge in [-0.3, -0.25) is 0 Å². The number of hydrogen-bond acceptors (Lipinski definition) is 3. The highest BCUT2D eigenvalue weighted by Crippen LogP contribution is 2.30. The average molecular weight is 243 g/mol. The first-order valence-electron chi connectivity index (χ1n) is 5.55. The third-order valence-corrected chi connectivity index (χ3v) is 2.41. The van der Waals surface area contributed by atoms with Crippen LogP contribution >= 0.6 is 11.6 Å². The summed E-state index contributed by atoms with van der Waals surface area (Å²) in [5.74, 6) is 0. The Morgan fingerprint density at radius 2 is 2.12 bits per heavy atom. The Morgan fingerprint density at radius 1 is 1.38 bits per heavy atom. The van der Waals surface area contributed by atoms with Crippen molar-refractivity contribution in [3.05, 3.63) is 23.2 Å². The third kappa shape index (κ3) is 3.91.